The highest BCUT2D eigenvalue weighted by molar-refractivity contribution is 8.00. The number of carbonyl (C=O) groups is 2. The van der Waals surface area contributed by atoms with E-state index in [1.807, 2.05) is 37.3 Å². The maximum absolute atomic E-state index is 13.5. The molecule has 0 unspecified atom stereocenters. The second kappa shape index (κ2) is 11.2. The smallest absolute Gasteiger partial charge is 0.301 e. The molecule has 1 N–H and O–H groups in total. The number of ketones is 1. The van der Waals surface area contributed by atoms with Crippen molar-refractivity contribution in [3.05, 3.63) is 99.6 Å². The summed E-state index contributed by atoms with van der Waals surface area (Å²) in [5.41, 5.74) is 3.04. The Hall–Kier alpha value is -3.86. The van der Waals surface area contributed by atoms with Crippen molar-refractivity contribution >= 4 is 57.3 Å². The van der Waals surface area contributed by atoms with Gasteiger partial charge in [-0.15, -0.1) is 10.2 Å². The molecule has 0 saturated carbocycles. The highest BCUT2D eigenvalue weighted by Gasteiger charge is 2.48. The van der Waals surface area contributed by atoms with Crippen LogP contribution in [0.1, 0.15) is 35.2 Å². The third-order valence-electron chi connectivity index (χ3n) is 6.92. The second-order valence-electron chi connectivity index (χ2n) is 9.66. The number of aliphatic hydroxyl groups is 1. The van der Waals surface area contributed by atoms with Gasteiger partial charge < -0.3 is 14.6 Å². The van der Waals surface area contributed by atoms with E-state index in [4.69, 9.17) is 21.1 Å². The van der Waals surface area contributed by atoms with Gasteiger partial charge in [0.15, 0.2) is 4.34 Å². The number of Topliss-reactive ketones (excluding diaryl/α,β-unsaturated/α-hetero) is 1. The van der Waals surface area contributed by atoms with Gasteiger partial charge >= 0.3 is 5.91 Å². The zero-order chi connectivity index (χ0) is 28.7. The number of aromatic nitrogens is 2. The summed E-state index contributed by atoms with van der Waals surface area (Å²) in [6.45, 7) is 1.97. The summed E-state index contributed by atoms with van der Waals surface area (Å²) in [5.74, 6) is 0.174. The first-order valence-electron chi connectivity index (χ1n) is 12.8. The zero-order valence-corrected chi connectivity index (χ0v) is 24.4. The van der Waals surface area contributed by atoms with Crippen LogP contribution < -0.4 is 14.4 Å². The molecule has 0 spiro atoms. The third kappa shape index (κ3) is 5.30. The molecule has 0 aliphatic carbocycles. The molecule has 3 aromatic carbocycles. The molecule has 11 heteroatoms. The highest BCUT2D eigenvalue weighted by Crippen LogP contribution is 2.45. The van der Waals surface area contributed by atoms with Crippen molar-refractivity contribution in [1.29, 1.82) is 0 Å². The number of anilines is 1. The topological polar surface area (TPSA) is 102 Å². The predicted molar refractivity (Wildman–Crippen MR) is 159 cm³/mol. The van der Waals surface area contributed by atoms with Crippen LogP contribution in [0.4, 0.5) is 5.13 Å². The first-order chi connectivity index (χ1) is 19.8. The number of rotatable bonds is 7. The van der Waals surface area contributed by atoms with Crippen LogP contribution in [-0.4, -0.2) is 40.2 Å². The van der Waals surface area contributed by atoms with Crippen LogP contribution in [0.25, 0.3) is 5.76 Å². The monoisotopic (exact) mass is 605 g/mol. The van der Waals surface area contributed by atoms with Crippen molar-refractivity contribution in [1.82, 2.24) is 10.2 Å². The number of hydrogen-bond donors (Lipinski definition) is 1. The van der Waals surface area contributed by atoms with Gasteiger partial charge in [0.1, 0.15) is 23.4 Å². The van der Waals surface area contributed by atoms with E-state index in [2.05, 4.69) is 10.2 Å². The fourth-order valence-corrected chi connectivity index (χ4v) is 6.89. The summed E-state index contributed by atoms with van der Waals surface area (Å²) in [4.78, 5) is 28.4. The average Bonchev–Trinajstić information content (AvgIpc) is 3.67. The lowest BCUT2D eigenvalue weighted by Gasteiger charge is -2.22. The molecule has 41 heavy (non-hydrogen) atoms. The molecule has 3 heterocycles. The quantitative estimate of drug-likeness (QED) is 0.0844. The fourth-order valence-electron chi connectivity index (χ4n) is 4.94. The summed E-state index contributed by atoms with van der Waals surface area (Å²) in [6.07, 6.45) is 0.713. The van der Waals surface area contributed by atoms with E-state index in [0.717, 1.165) is 16.9 Å². The third-order valence-corrected chi connectivity index (χ3v) is 9.30. The number of benzene rings is 3. The largest absolute Gasteiger partial charge is 0.507 e. The van der Waals surface area contributed by atoms with Crippen molar-refractivity contribution in [3.8, 4) is 11.5 Å². The van der Waals surface area contributed by atoms with E-state index in [1.165, 1.54) is 28.0 Å². The summed E-state index contributed by atoms with van der Waals surface area (Å²) < 4.78 is 11.7. The highest BCUT2D eigenvalue weighted by atomic mass is 35.5. The van der Waals surface area contributed by atoms with Crippen LogP contribution in [0.2, 0.25) is 5.02 Å². The van der Waals surface area contributed by atoms with Gasteiger partial charge in [-0.25, -0.2) is 0 Å². The van der Waals surface area contributed by atoms with E-state index >= 15 is 0 Å². The minimum Gasteiger partial charge on any atom is -0.507 e. The van der Waals surface area contributed by atoms with Gasteiger partial charge in [0.25, 0.3) is 5.78 Å². The molecule has 208 valence electrons. The number of ether oxygens (including phenoxy) is 2. The molecule has 1 aromatic heterocycles. The van der Waals surface area contributed by atoms with Crippen molar-refractivity contribution in [2.24, 2.45) is 0 Å². The maximum Gasteiger partial charge on any atom is 0.301 e. The Morgan fingerprint density at radius 3 is 2.61 bits per heavy atom. The number of carbonyl (C=O) groups excluding carboxylic acids is 2. The Bertz CT molecular complexity index is 1670. The number of aliphatic hydroxyl groups excluding tert-OH is 1. The van der Waals surface area contributed by atoms with Crippen LogP contribution in [0, 0.1) is 0 Å². The fraction of sp³-hybridized carbons (Fsp3) is 0.200. The molecule has 1 saturated heterocycles. The molecule has 2 aliphatic heterocycles. The lowest BCUT2D eigenvalue weighted by Crippen LogP contribution is -2.29. The summed E-state index contributed by atoms with van der Waals surface area (Å²) >= 11 is 8.67. The van der Waals surface area contributed by atoms with E-state index in [0.29, 0.717) is 38.4 Å². The molecule has 2 atom stereocenters. The van der Waals surface area contributed by atoms with Crippen molar-refractivity contribution < 1.29 is 24.2 Å². The average molecular weight is 606 g/mol. The van der Waals surface area contributed by atoms with Crippen LogP contribution in [0.3, 0.4) is 0 Å². The van der Waals surface area contributed by atoms with E-state index in [9.17, 15) is 14.7 Å². The summed E-state index contributed by atoms with van der Waals surface area (Å²) in [7, 11) is 1.56. The molecule has 8 nitrogen and oxygen atoms in total. The predicted octanol–water partition coefficient (Wildman–Crippen LogP) is 6.44. The Kier molecular flexibility index (Phi) is 7.46. The van der Waals surface area contributed by atoms with Crippen LogP contribution in [0.15, 0.2) is 76.6 Å². The summed E-state index contributed by atoms with van der Waals surface area (Å²) in [6, 6.07) is 18.9. The lowest BCUT2D eigenvalue weighted by atomic mass is 9.94. The number of amides is 1. The standard InChI is InChI=1S/C30H24ClN3O5S2/c1-16-13-20-14-19(7-12-23(20)39-16)26(35)24-25(18-5-10-22(38-2)11-6-18)34(28(37)27(24)36)29-32-33-30(41-29)40-15-17-3-8-21(31)9-4-17/h3-12,14,16,25,35H,13,15H2,1-2H3/t16-,25+/m0/s1. The molecule has 0 radical (unpaired) electrons. The van der Waals surface area contributed by atoms with Gasteiger partial charge in [-0.1, -0.05) is 59.0 Å². The molecule has 1 amide bonds. The van der Waals surface area contributed by atoms with Gasteiger partial charge in [0.05, 0.1) is 18.7 Å². The molecule has 1 fully saturated rings. The van der Waals surface area contributed by atoms with Crippen molar-refractivity contribution in [2.75, 3.05) is 12.0 Å². The number of fused-ring (bicyclic) bond motifs is 1. The Balaban J connectivity index is 1.38. The molecule has 4 aromatic rings. The van der Waals surface area contributed by atoms with Gasteiger partial charge in [0.2, 0.25) is 5.13 Å². The molecule has 0 bridgehead atoms. The number of methoxy groups -OCH3 is 1. The molecule has 6 rings (SSSR count). The Morgan fingerprint density at radius 2 is 1.88 bits per heavy atom. The van der Waals surface area contributed by atoms with Crippen molar-refractivity contribution in [2.45, 2.75) is 35.6 Å². The molecule has 2 aliphatic rings. The number of thioether (sulfide) groups is 1. The molecular weight excluding hydrogens is 582 g/mol. The van der Waals surface area contributed by atoms with Crippen LogP contribution in [-0.2, 0) is 21.8 Å². The first kappa shape index (κ1) is 27.3. The lowest BCUT2D eigenvalue weighted by molar-refractivity contribution is -0.132. The first-order valence-corrected chi connectivity index (χ1v) is 15.0. The minimum atomic E-state index is -0.911. The number of halogens is 1. The van der Waals surface area contributed by atoms with E-state index < -0.39 is 17.7 Å². The van der Waals surface area contributed by atoms with Crippen LogP contribution >= 0.6 is 34.7 Å². The van der Waals surface area contributed by atoms with Crippen molar-refractivity contribution in [3.63, 3.8) is 0 Å². The van der Waals surface area contributed by atoms with Gasteiger partial charge in [-0.05, 0) is 66.1 Å². The van der Waals surface area contributed by atoms with Gasteiger partial charge in [-0.2, -0.15) is 0 Å². The van der Waals surface area contributed by atoms with E-state index in [1.54, 1.807) is 43.5 Å². The number of nitrogens with zero attached hydrogens (tertiary/aromatic N) is 3. The summed E-state index contributed by atoms with van der Waals surface area (Å²) in [5, 5.41) is 21.0. The Morgan fingerprint density at radius 1 is 1.12 bits per heavy atom. The van der Waals surface area contributed by atoms with Gasteiger partial charge in [0, 0.05) is 22.8 Å². The minimum absolute atomic E-state index is 0.0161. The SMILES string of the molecule is COc1ccc([C@@H]2C(=C(O)c3ccc4c(c3)C[C@H](C)O4)C(=O)C(=O)N2c2nnc(SCc3ccc(Cl)cc3)s2)cc1. The number of hydrogen-bond acceptors (Lipinski definition) is 9. The maximum atomic E-state index is 13.5. The van der Waals surface area contributed by atoms with Gasteiger partial charge in [-0.3, -0.25) is 14.5 Å². The zero-order valence-electron chi connectivity index (χ0n) is 22.0. The van der Waals surface area contributed by atoms with E-state index in [-0.39, 0.29) is 22.6 Å². The normalized spacial score (nSPS) is 19.3. The molecular formula is C30H24ClN3O5S2. The second-order valence-corrected chi connectivity index (χ2v) is 12.3. The van der Waals surface area contributed by atoms with Crippen LogP contribution in [0.5, 0.6) is 11.5 Å². The Labute approximate surface area is 249 Å².